The van der Waals surface area contributed by atoms with Crippen molar-refractivity contribution in [3.8, 4) is 0 Å². The second-order valence-electron chi connectivity index (χ2n) is 4.80. The van der Waals surface area contributed by atoms with Crippen molar-refractivity contribution in [1.82, 2.24) is 15.2 Å². The minimum absolute atomic E-state index is 0.133. The average Bonchev–Trinajstić information content (AvgIpc) is 2.48. The Morgan fingerprint density at radius 1 is 1.43 bits per heavy atom. The van der Waals surface area contributed by atoms with Crippen molar-refractivity contribution in [1.29, 1.82) is 0 Å². The fourth-order valence-electron chi connectivity index (χ4n) is 2.15. The standard InChI is InChI=1S/C14H21ClN4O2/c1-2-16-13-10-11(9-12(15)18-13)14(20)17-3-4-19-5-7-21-8-6-19/h9-10H,2-8H2,1H3,(H,16,18)(H,17,20). The highest BCUT2D eigenvalue weighted by atomic mass is 35.5. The summed E-state index contributed by atoms with van der Waals surface area (Å²) in [6.07, 6.45) is 0. The minimum Gasteiger partial charge on any atom is -0.379 e. The average molecular weight is 313 g/mol. The molecular formula is C14H21ClN4O2. The lowest BCUT2D eigenvalue weighted by Crippen LogP contribution is -2.41. The molecule has 21 heavy (non-hydrogen) atoms. The summed E-state index contributed by atoms with van der Waals surface area (Å²) in [6, 6.07) is 3.28. The van der Waals surface area contributed by atoms with Crippen LogP contribution in [0.5, 0.6) is 0 Å². The van der Waals surface area contributed by atoms with Gasteiger partial charge < -0.3 is 15.4 Å². The molecule has 0 saturated carbocycles. The molecule has 1 amide bonds. The largest absolute Gasteiger partial charge is 0.379 e. The first kappa shape index (κ1) is 16.0. The lowest BCUT2D eigenvalue weighted by atomic mass is 10.2. The third-order valence-electron chi connectivity index (χ3n) is 3.23. The number of nitrogens with zero attached hydrogens (tertiary/aromatic N) is 2. The zero-order chi connectivity index (χ0) is 15.1. The molecular weight excluding hydrogens is 292 g/mol. The van der Waals surface area contributed by atoms with Crippen LogP contribution in [0.15, 0.2) is 12.1 Å². The predicted octanol–water partition coefficient (Wildman–Crippen LogP) is 1.23. The van der Waals surface area contributed by atoms with E-state index >= 15 is 0 Å². The van der Waals surface area contributed by atoms with Crippen LogP contribution in [0, 0.1) is 0 Å². The Morgan fingerprint density at radius 3 is 2.90 bits per heavy atom. The van der Waals surface area contributed by atoms with E-state index in [-0.39, 0.29) is 5.91 Å². The topological polar surface area (TPSA) is 66.5 Å². The number of carbonyl (C=O) groups excluding carboxylic acids is 1. The Labute approximate surface area is 129 Å². The van der Waals surface area contributed by atoms with Crippen molar-refractivity contribution in [2.75, 3.05) is 51.3 Å². The van der Waals surface area contributed by atoms with Gasteiger partial charge >= 0.3 is 0 Å². The number of pyridine rings is 1. The number of anilines is 1. The number of hydrogen-bond acceptors (Lipinski definition) is 5. The van der Waals surface area contributed by atoms with Crippen LogP contribution in [0.3, 0.4) is 0 Å². The molecule has 0 aromatic carbocycles. The quantitative estimate of drug-likeness (QED) is 0.773. The number of nitrogens with one attached hydrogen (secondary N) is 2. The SMILES string of the molecule is CCNc1cc(C(=O)NCCN2CCOCC2)cc(Cl)n1. The molecule has 2 N–H and O–H groups in total. The van der Waals surface area contributed by atoms with E-state index in [2.05, 4.69) is 20.5 Å². The van der Waals surface area contributed by atoms with Gasteiger partial charge in [-0.25, -0.2) is 4.98 Å². The van der Waals surface area contributed by atoms with Gasteiger partial charge in [0.2, 0.25) is 0 Å². The fourth-order valence-corrected chi connectivity index (χ4v) is 2.36. The lowest BCUT2D eigenvalue weighted by molar-refractivity contribution is 0.0383. The number of hydrogen-bond donors (Lipinski definition) is 2. The van der Waals surface area contributed by atoms with E-state index in [1.165, 1.54) is 0 Å². The van der Waals surface area contributed by atoms with Crippen molar-refractivity contribution in [3.05, 3.63) is 22.8 Å². The summed E-state index contributed by atoms with van der Waals surface area (Å²) < 4.78 is 5.29. The van der Waals surface area contributed by atoms with Crippen LogP contribution in [0.4, 0.5) is 5.82 Å². The predicted molar refractivity (Wildman–Crippen MR) is 83.0 cm³/mol. The fraction of sp³-hybridized carbons (Fsp3) is 0.571. The highest BCUT2D eigenvalue weighted by molar-refractivity contribution is 6.29. The molecule has 1 fully saturated rings. The molecule has 6 nitrogen and oxygen atoms in total. The van der Waals surface area contributed by atoms with Crippen molar-refractivity contribution < 1.29 is 9.53 Å². The molecule has 1 saturated heterocycles. The first-order chi connectivity index (χ1) is 10.2. The molecule has 116 valence electrons. The second-order valence-corrected chi connectivity index (χ2v) is 5.19. The Kier molecular flexibility index (Phi) is 6.22. The van der Waals surface area contributed by atoms with Crippen LogP contribution in [0.25, 0.3) is 0 Å². The van der Waals surface area contributed by atoms with Crippen molar-refractivity contribution >= 4 is 23.3 Å². The van der Waals surface area contributed by atoms with Crippen molar-refractivity contribution in [2.45, 2.75) is 6.92 Å². The number of halogens is 1. The van der Waals surface area contributed by atoms with E-state index in [0.717, 1.165) is 39.4 Å². The molecule has 1 aliphatic rings. The number of ether oxygens (including phenoxy) is 1. The monoisotopic (exact) mass is 312 g/mol. The molecule has 0 atom stereocenters. The van der Waals surface area contributed by atoms with Crippen LogP contribution in [0.2, 0.25) is 5.15 Å². The van der Waals surface area contributed by atoms with Gasteiger partial charge in [0.25, 0.3) is 5.91 Å². The summed E-state index contributed by atoms with van der Waals surface area (Å²) in [4.78, 5) is 18.5. The molecule has 2 heterocycles. The molecule has 0 aliphatic carbocycles. The maximum atomic E-state index is 12.1. The van der Waals surface area contributed by atoms with E-state index in [9.17, 15) is 4.79 Å². The zero-order valence-electron chi connectivity index (χ0n) is 12.2. The van der Waals surface area contributed by atoms with Crippen molar-refractivity contribution in [2.24, 2.45) is 0 Å². The Hall–Kier alpha value is -1.37. The van der Waals surface area contributed by atoms with E-state index in [1.807, 2.05) is 6.92 Å². The van der Waals surface area contributed by atoms with Gasteiger partial charge in [0.1, 0.15) is 11.0 Å². The number of rotatable bonds is 6. The Balaban J connectivity index is 1.84. The molecule has 0 spiro atoms. The van der Waals surface area contributed by atoms with E-state index < -0.39 is 0 Å². The summed E-state index contributed by atoms with van der Waals surface area (Å²) in [5.41, 5.74) is 0.521. The van der Waals surface area contributed by atoms with Crippen molar-refractivity contribution in [3.63, 3.8) is 0 Å². The van der Waals surface area contributed by atoms with Crippen LogP contribution >= 0.6 is 11.6 Å². The first-order valence-electron chi connectivity index (χ1n) is 7.19. The van der Waals surface area contributed by atoms with Gasteiger partial charge in [-0.2, -0.15) is 0 Å². The van der Waals surface area contributed by atoms with Gasteiger partial charge in [-0.1, -0.05) is 11.6 Å². The van der Waals surface area contributed by atoms with Crippen LogP contribution in [0.1, 0.15) is 17.3 Å². The van der Waals surface area contributed by atoms with Crippen LogP contribution < -0.4 is 10.6 Å². The third kappa shape index (κ3) is 5.15. The third-order valence-corrected chi connectivity index (χ3v) is 3.43. The second kappa shape index (κ2) is 8.17. The van der Waals surface area contributed by atoms with Crippen LogP contribution in [-0.4, -0.2) is 61.7 Å². The van der Waals surface area contributed by atoms with Gasteiger partial charge in [-0.05, 0) is 19.1 Å². The summed E-state index contributed by atoms with van der Waals surface area (Å²) in [7, 11) is 0. The summed E-state index contributed by atoms with van der Waals surface area (Å²) in [5, 5.41) is 6.27. The summed E-state index contributed by atoms with van der Waals surface area (Å²) >= 11 is 5.93. The molecule has 7 heteroatoms. The van der Waals surface area contributed by atoms with Gasteiger partial charge in [-0.3, -0.25) is 9.69 Å². The van der Waals surface area contributed by atoms with E-state index in [1.54, 1.807) is 12.1 Å². The molecule has 1 aromatic heterocycles. The summed E-state index contributed by atoms with van der Waals surface area (Å²) in [5.74, 6) is 0.482. The molecule has 0 unspecified atom stereocenters. The van der Waals surface area contributed by atoms with Gasteiger partial charge in [0, 0.05) is 38.3 Å². The Morgan fingerprint density at radius 2 is 2.19 bits per heavy atom. The minimum atomic E-state index is -0.133. The molecule has 2 rings (SSSR count). The highest BCUT2D eigenvalue weighted by Crippen LogP contribution is 2.14. The normalized spacial score (nSPS) is 15.7. The van der Waals surface area contributed by atoms with E-state index in [4.69, 9.17) is 16.3 Å². The van der Waals surface area contributed by atoms with Gasteiger partial charge in [0.15, 0.2) is 0 Å². The molecule has 0 bridgehead atoms. The summed E-state index contributed by atoms with van der Waals surface area (Å²) in [6.45, 7) is 7.49. The zero-order valence-corrected chi connectivity index (χ0v) is 12.9. The molecule has 1 aromatic rings. The number of aromatic nitrogens is 1. The van der Waals surface area contributed by atoms with E-state index in [0.29, 0.717) is 23.1 Å². The lowest BCUT2D eigenvalue weighted by Gasteiger charge is -2.26. The molecule has 0 radical (unpaired) electrons. The van der Waals surface area contributed by atoms with Gasteiger partial charge in [0.05, 0.1) is 13.2 Å². The number of amides is 1. The maximum absolute atomic E-state index is 12.1. The number of carbonyl (C=O) groups is 1. The van der Waals surface area contributed by atoms with Gasteiger partial charge in [-0.15, -0.1) is 0 Å². The number of morpholine rings is 1. The smallest absolute Gasteiger partial charge is 0.251 e. The first-order valence-corrected chi connectivity index (χ1v) is 7.56. The Bertz CT molecular complexity index is 478. The highest BCUT2D eigenvalue weighted by Gasteiger charge is 2.12. The maximum Gasteiger partial charge on any atom is 0.251 e. The van der Waals surface area contributed by atoms with Crippen LogP contribution in [-0.2, 0) is 4.74 Å². The molecule has 1 aliphatic heterocycles.